The molecule has 0 aliphatic rings. The predicted molar refractivity (Wildman–Crippen MR) is 206 cm³/mol. The zero-order chi connectivity index (χ0) is 36.3. The van der Waals surface area contributed by atoms with Crippen molar-refractivity contribution < 1.29 is 24.5 Å². The highest BCUT2D eigenvalue weighted by molar-refractivity contribution is 5.87. The van der Waals surface area contributed by atoms with Crippen LogP contribution in [-0.4, -0.2) is 45.3 Å². The highest BCUT2D eigenvalue weighted by atomic mass is 16.5. The Hall–Kier alpha value is -5.92. The maximum absolute atomic E-state index is 11.4. The van der Waals surface area contributed by atoms with Gasteiger partial charge in [-0.05, 0) is 121 Å². The summed E-state index contributed by atoms with van der Waals surface area (Å²) in [5, 5.41) is 18.6. The number of aliphatic hydroxyl groups is 1. The molecule has 0 bridgehead atoms. The Balaban J connectivity index is 0.000000213. The minimum absolute atomic E-state index is 0.250. The van der Waals surface area contributed by atoms with Crippen molar-refractivity contribution >= 4 is 45.9 Å². The number of carboxylic acids is 1. The van der Waals surface area contributed by atoms with Crippen molar-refractivity contribution in [3.63, 3.8) is 0 Å². The maximum atomic E-state index is 11.4. The second kappa shape index (κ2) is 20.6. The first kappa shape index (κ1) is 37.9. The minimum atomic E-state index is -0.930. The van der Waals surface area contributed by atoms with Crippen molar-refractivity contribution in [1.82, 2.24) is 9.97 Å². The van der Waals surface area contributed by atoms with Crippen LogP contribution in [0, 0.1) is 0 Å². The van der Waals surface area contributed by atoms with Crippen LogP contribution in [0.4, 0.5) is 0 Å². The van der Waals surface area contributed by atoms with Gasteiger partial charge < -0.3 is 14.9 Å². The Bertz CT molecular complexity index is 2090. The molecule has 0 fully saturated rings. The Morgan fingerprint density at radius 2 is 1.06 bits per heavy atom. The van der Waals surface area contributed by atoms with Crippen LogP contribution in [0.2, 0.25) is 0 Å². The molecule has 6 rings (SSSR count). The van der Waals surface area contributed by atoms with Crippen molar-refractivity contribution in [3.8, 4) is 0 Å². The van der Waals surface area contributed by atoms with Gasteiger partial charge in [0.1, 0.15) is 0 Å². The fourth-order valence-electron chi connectivity index (χ4n) is 5.37. The van der Waals surface area contributed by atoms with Gasteiger partial charge in [-0.3, -0.25) is 9.97 Å². The summed E-state index contributed by atoms with van der Waals surface area (Å²) >= 11 is 0. The molecule has 0 atom stereocenters. The van der Waals surface area contributed by atoms with Crippen molar-refractivity contribution in [1.29, 1.82) is 0 Å². The molecule has 4 aromatic carbocycles. The Morgan fingerprint density at radius 3 is 1.51 bits per heavy atom. The molecule has 6 aromatic rings. The van der Waals surface area contributed by atoms with E-state index in [9.17, 15) is 9.59 Å². The van der Waals surface area contributed by atoms with Gasteiger partial charge in [-0.15, -0.1) is 0 Å². The lowest BCUT2D eigenvalue weighted by atomic mass is 10.0. The summed E-state index contributed by atoms with van der Waals surface area (Å²) in [5.74, 6) is -1.24. The Kier molecular flexibility index (Phi) is 15.3. The zero-order valence-electron chi connectivity index (χ0n) is 29.1. The second-order valence-corrected chi connectivity index (χ2v) is 11.6. The van der Waals surface area contributed by atoms with Crippen LogP contribution in [0.25, 0.3) is 34.0 Å². The third-order valence-corrected chi connectivity index (χ3v) is 7.76. The highest BCUT2D eigenvalue weighted by Crippen LogP contribution is 2.18. The molecular formula is C44H44N2O5. The Labute approximate surface area is 299 Å². The summed E-state index contributed by atoms with van der Waals surface area (Å²) in [6.45, 7) is 4.12. The molecule has 0 aliphatic heterocycles. The third-order valence-electron chi connectivity index (χ3n) is 7.76. The molecule has 0 unspecified atom stereocenters. The maximum Gasteiger partial charge on any atom is 0.330 e. The van der Waals surface area contributed by atoms with Crippen molar-refractivity contribution in [2.75, 3.05) is 13.2 Å². The van der Waals surface area contributed by atoms with E-state index in [1.54, 1.807) is 32.2 Å². The van der Waals surface area contributed by atoms with Crippen LogP contribution < -0.4 is 0 Å². The highest BCUT2D eigenvalue weighted by Gasteiger charge is 2.02. The lowest BCUT2D eigenvalue weighted by Gasteiger charge is -2.05. The molecule has 0 spiro atoms. The number of nitrogens with zero attached hydrogens (tertiary/aromatic N) is 2. The predicted octanol–water partition coefficient (Wildman–Crippen LogP) is 8.71. The lowest BCUT2D eigenvalue weighted by Crippen LogP contribution is -1.98. The van der Waals surface area contributed by atoms with E-state index in [-0.39, 0.29) is 12.6 Å². The van der Waals surface area contributed by atoms with Gasteiger partial charge in [0.05, 0.1) is 17.6 Å². The molecule has 0 saturated heterocycles. The lowest BCUT2D eigenvalue weighted by molar-refractivity contribution is -0.137. The molecule has 0 radical (unpaired) electrons. The molecule has 260 valence electrons. The number of benzene rings is 4. The molecule has 7 nitrogen and oxygen atoms in total. The van der Waals surface area contributed by atoms with Gasteiger partial charge in [-0.25, -0.2) is 9.59 Å². The normalized spacial score (nSPS) is 10.8. The SMILES string of the molecule is CCO.CCOC(=O)/C=C/c1cccc(CCc2ccc3ncccc3c2)c1.O=C(O)/C=C/c1cccc(CCc2ccc3ncccc3c2)c1. The first-order valence-corrected chi connectivity index (χ1v) is 17.1. The van der Waals surface area contributed by atoms with Crippen LogP contribution >= 0.6 is 0 Å². The van der Waals surface area contributed by atoms with E-state index in [0.29, 0.717) is 6.61 Å². The van der Waals surface area contributed by atoms with Gasteiger partial charge in [-0.1, -0.05) is 72.8 Å². The number of hydrogen-bond acceptors (Lipinski definition) is 6. The zero-order valence-corrected chi connectivity index (χ0v) is 29.1. The first-order valence-electron chi connectivity index (χ1n) is 17.1. The summed E-state index contributed by atoms with van der Waals surface area (Å²) < 4.78 is 4.90. The van der Waals surface area contributed by atoms with Gasteiger partial charge in [0.2, 0.25) is 0 Å². The van der Waals surface area contributed by atoms with Gasteiger partial charge in [0.25, 0.3) is 0 Å². The number of aliphatic carboxylic acids is 1. The summed E-state index contributed by atoms with van der Waals surface area (Å²) in [5.41, 5.74) is 8.97. The van der Waals surface area contributed by atoms with E-state index < -0.39 is 5.97 Å². The van der Waals surface area contributed by atoms with Crippen LogP contribution in [0.3, 0.4) is 0 Å². The molecule has 0 saturated carbocycles. The fraction of sp³-hybridized carbons (Fsp3) is 0.182. The quantitative estimate of drug-likeness (QED) is 0.104. The van der Waals surface area contributed by atoms with Gasteiger partial charge in [-0.2, -0.15) is 0 Å². The number of pyridine rings is 2. The van der Waals surface area contributed by atoms with Crippen LogP contribution in [0.5, 0.6) is 0 Å². The molecule has 0 aliphatic carbocycles. The molecule has 0 amide bonds. The summed E-state index contributed by atoms with van der Waals surface area (Å²) in [6, 6.07) is 37.0. The average molecular weight is 681 g/mol. The number of fused-ring (bicyclic) bond motifs is 2. The van der Waals surface area contributed by atoms with Crippen LogP contribution in [-0.2, 0) is 40.0 Å². The van der Waals surface area contributed by atoms with E-state index in [2.05, 4.69) is 76.7 Å². The topological polar surface area (TPSA) is 110 Å². The molecule has 2 N–H and O–H groups in total. The van der Waals surface area contributed by atoms with Gasteiger partial charge >= 0.3 is 11.9 Å². The number of aliphatic hydroxyl groups excluding tert-OH is 1. The van der Waals surface area contributed by atoms with Crippen molar-refractivity contribution in [3.05, 3.63) is 167 Å². The average Bonchev–Trinajstić information content (AvgIpc) is 3.15. The smallest absolute Gasteiger partial charge is 0.330 e. The summed E-state index contributed by atoms with van der Waals surface area (Å²) in [6.07, 6.45) is 13.4. The minimum Gasteiger partial charge on any atom is -0.478 e. The number of carbonyl (C=O) groups excluding carboxylic acids is 1. The summed E-state index contributed by atoms with van der Waals surface area (Å²) in [7, 11) is 0. The standard InChI is InChI=1S/C22H21NO2.C20H17NO2.C2H6O/c1-2-25-22(24)13-11-18-6-3-5-17(15-18)8-9-19-10-12-21-20(16-19)7-4-14-23-21;22-20(23)11-9-16-4-1-3-15(13-16)6-7-17-8-10-19-18(14-17)5-2-12-21-19;1-2-3/h3-7,10-16H,2,8-9H2,1H3;1-5,8-14H,6-7H2,(H,22,23);3H,2H2,1H3/b13-11+;11-9+;. The molecular weight excluding hydrogens is 636 g/mol. The first-order chi connectivity index (χ1) is 24.9. The number of carbonyl (C=O) groups is 2. The van der Waals surface area contributed by atoms with Crippen molar-refractivity contribution in [2.45, 2.75) is 39.5 Å². The fourth-order valence-corrected chi connectivity index (χ4v) is 5.37. The third kappa shape index (κ3) is 13.1. The number of carboxylic acid groups (broad SMARTS) is 1. The number of aryl methyl sites for hydroxylation is 4. The summed E-state index contributed by atoms with van der Waals surface area (Å²) in [4.78, 5) is 30.7. The van der Waals surface area contributed by atoms with Gasteiger partial charge in [0, 0.05) is 41.9 Å². The number of hydrogen-bond donors (Lipinski definition) is 2. The van der Waals surface area contributed by atoms with Crippen LogP contribution in [0.1, 0.15) is 47.2 Å². The molecule has 7 heteroatoms. The molecule has 2 aromatic heterocycles. The number of rotatable bonds is 11. The largest absolute Gasteiger partial charge is 0.478 e. The molecule has 2 heterocycles. The number of ether oxygens (including phenoxy) is 1. The monoisotopic (exact) mass is 680 g/mol. The number of aromatic nitrogens is 2. The van der Waals surface area contributed by atoms with E-state index >= 15 is 0 Å². The van der Waals surface area contributed by atoms with E-state index in [4.69, 9.17) is 14.9 Å². The van der Waals surface area contributed by atoms with Crippen LogP contribution in [0.15, 0.2) is 134 Å². The van der Waals surface area contributed by atoms with Gasteiger partial charge in [0.15, 0.2) is 0 Å². The number of esters is 1. The van der Waals surface area contributed by atoms with E-state index in [0.717, 1.165) is 59.3 Å². The second-order valence-electron chi connectivity index (χ2n) is 11.6. The van der Waals surface area contributed by atoms with Crippen molar-refractivity contribution in [2.24, 2.45) is 0 Å². The molecule has 51 heavy (non-hydrogen) atoms. The van der Waals surface area contributed by atoms with E-state index in [1.807, 2.05) is 48.7 Å². The van der Waals surface area contributed by atoms with E-state index in [1.165, 1.54) is 33.7 Å². The Morgan fingerprint density at radius 1 is 0.608 bits per heavy atom.